The maximum atomic E-state index is 12.4. The Balaban J connectivity index is 0.00000312. The molecule has 0 spiro atoms. The molecule has 0 unspecified atom stereocenters. The van der Waals surface area contributed by atoms with Gasteiger partial charge in [-0.2, -0.15) is 4.57 Å². The highest BCUT2D eigenvalue weighted by atomic mass is 79.9. The van der Waals surface area contributed by atoms with Crippen molar-refractivity contribution in [3.63, 3.8) is 0 Å². The fourth-order valence-corrected chi connectivity index (χ4v) is 2.60. The Bertz CT molecular complexity index is 756. The molecule has 134 valence electrons. The molecule has 1 N–H and O–H groups in total. The summed E-state index contributed by atoms with van der Waals surface area (Å²) in [5.74, 6) is -0.392. The van der Waals surface area contributed by atoms with E-state index in [0.29, 0.717) is 34.3 Å². The number of carbonyl (C=O) groups is 2. The molecule has 2 rings (SSSR count). The van der Waals surface area contributed by atoms with Gasteiger partial charge in [-0.1, -0.05) is 23.2 Å². The zero-order valence-electron chi connectivity index (χ0n) is 13.5. The predicted molar refractivity (Wildman–Crippen MR) is 91.6 cm³/mol. The molecule has 2 aromatic rings. The van der Waals surface area contributed by atoms with Crippen molar-refractivity contribution < 1.29 is 35.9 Å². The van der Waals surface area contributed by atoms with Gasteiger partial charge in [0.25, 0.3) is 5.91 Å². The lowest BCUT2D eigenvalue weighted by Crippen LogP contribution is -3.00. The Hall–Kier alpha value is -1.47. The van der Waals surface area contributed by atoms with Gasteiger partial charge >= 0.3 is 0 Å². The highest BCUT2D eigenvalue weighted by molar-refractivity contribution is 6.36. The van der Waals surface area contributed by atoms with E-state index in [4.69, 9.17) is 27.9 Å². The average molecular weight is 448 g/mol. The van der Waals surface area contributed by atoms with Gasteiger partial charge in [0, 0.05) is 30.3 Å². The minimum atomic E-state index is -0.224. The highest BCUT2D eigenvalue weighted by Crippen LogP contribution is 2.21. The smallest absolute Gasteiger partial charge is 0.257 e. The summed E-state index contributed by atoms with van der Waals surface area (Å²) in [6.45, 7) is 0.927. The molecule has 0 aliphatic heterocycles. The number of halogens is 3. The second kappa shape index (κ2) is 10.5. The van der Waals surface area contributed by atoms with Crippen molar-refractivity contribution in [1.29, 1.82) is 0 Å². The minimum Gasteiger partial charge on any atom is -1.00 e. The largest absolute Gasteiger partial charge is 1.00 e. The van der Waals surface area contributed by atoms with Crippen LogP contribution in [-0.2, 0) is 11.3 Å². The maximum Gasteiger partial charge on any atom is 0.257 e. The number of pyridine rings is 1. The normalized spacial score (nSPS) is 10.0. The topological polar surface area (TPSA) is 59.3 Å². The van der Waals surface area contributed by atoms with Crippen LogP contribution in [0.3, 0.4) is 0 Å². The van der Waals surface area contributed by atoms with Crippen LogP contribution in [0.2, 0.25) is 10.0 Å². The molecule has 0 aliphatic rings. The molecule has 0 fully saturated rings. The first-order valence-electron chi connectivity index (χ1n) is 7.25. The maximum absolute atomic E-state index is 12.4. The van der Waals surface area contributed by atoms with Gasteiger partial charge in [-0.15, -0.1) is 0 Å². The number of aromatic nitrogens is 1. The van der Waals surface area contributed by atoms with Crippen LogP contribution < -0.4 is 26.9 Å². The van der Waals surface area contributed by atoms with Crippen molar-refractivity contribution in [2.45, 2.75) is 6.54 Å². The molecule has 0 saturated heterocycles. The third kappa shape index (κ3) is 6.40. The van der Waals surface area contributed by atoms with Gasteiger partial charge in [0.05, 0.1) is 11.6 Å². The lowest BCUT2D eigenvalue weighted by atomic mass is 10.1. The minimum absolute atomic E-state index is 0. The number of ether oxygens (including phenoxy) is 1. The summed E-state index contributed by atoms with van der Waals surface area (Å²) in [4.78, 5) is 24.4. The van der Waals surface area contributed by atoms with E-state index in [1.807, 2.05) is 0 Å². The van der Waals surface area contributed by atoms with Crippen molar-refractivity contribution in [3.8, 4) is 0 Å². The standard InChI is InChI=1S/C17H16Cl2N2O3.BrH/c1-24-8-6-20-17(23)12-3-2-7-21(10-12)11-16(22)14-5-4-13(18)9-15(14)19;/h2-5,7,9-10H,6,8,11H2,1H3;1H. The number of amides is 1. The van der Waals surface area contributed by atoms with E-state index in [9.17, 15) is 9.59 Å². The molecule has 0 radical (unpaired) electrons. The number of nitrogens with zero attached hydrogens (tertiary/aromatic N) is 1. The van der Waals surface area contributed by atoms with Crippen LogP contribution in [0.15, 0.2) is 42.7 Å². The van der Waals surface area contributed by atoms with Crippen LogP contribution in [0.5, 0.6) is 0 Å². The summed E-state index contributed by atoms with van der Waals surface area (Å²) in [5.41, 5.74) is 0.854. The van der Waals surface area contributed by atoms with Crippen molar-refractivity contribution >= 4 is 34.9 Å². The van der Waals surface area contributed by atoms with Crippen LogP contribution in [0.25, 0.3) is 0 Å². The third-order valence-corrected chi connectivity index (χ3v) is 3.82. The van der Waals surface area contributed by atoms with Crippen LogP contribution in [0.1, 0.15) is 20.7 Å². The third-order valence-electron chi connectivity index (χ3n) is 3.27. The fraction of sp³-hybridized carbons (Fsp3) is 0.235. The quantitative estimate of drug-likeness (QED) is 0.355. The molecule has 0 atom stereocenters. The van der Waals surface area contributed by atoms with Crippen molar-refractivity contribution in [2.24, 2.45) is 0 Å². The van der Waals surface area contributed by atoms with Gasteiger partial charge in [0.15, 0.2) is 12.4 Å². The molecule has 8 heteroatoms. The lowest BCUT2D eigenvalue weighted by molar-refractivity contribution is -0.683. The van der Waals surface area contributed by atoms with Crippen molar-refractivity contribution in [2.75, 3.05) is 20.3 Å². The number of nitrogens with one attached hydrogen (secondary N) is 1. The second-order valence-corrected chi connectivity index (χ2v) is 5.90. The predicted octanol–water partition coefficient (Wildman–Crippen LogP) is -0.456. The first-order chi connectivity index (χ1) is 11.5. The SMILES string of the molecule is COCCNC(=O)c1ccc[n+](CC(=O)c2ccc(Cl)cc2Cl)c1.[Br-]. The summed E-state index contributed by atoms with van der Waals surface area (Å²) in [6.07, 6.45) is 3.33. The molecular weight excluding hydrogens is 431 g/mol. The number of hydrogen-bond donors (Lipinski definition) is 1. The highest BCUT2D eigenvalue weighted by Gasteiger charge is 2.17. The van der Waals surface area contributed by atoms with Gasteiger partial charge in [-0.25, -0.2) is 0 Å². The van der Waals surface area contributed by atoms with E-state index < -0.39 is 0 Å². The van der Waals surface area contributed by atoms with Crippen LogP contribution in [0, 0.1) is 0 Å². The number of rotatable bonds is 7. The van der Waals surface area contributed by atoms with E-state index in [1.165, 1.54) is 6.07 Å². The summed E-state index contributed by atoms with van der Waals surface area (Å²) in [6, 6.07) is 8.13. The first kappa shape index (κ1) is 21.6. The molecule has 0 aliphatic carbocycles. The summed E-state index contributed by atoms with van der Waals surface area (Å²) >= 11 is 11.9. The average Bonchev–Trinajstić information content (AvgIpc) is 2.55. The first-order valence-corrected chi connectivity index (χ1v) is 8.01. The van der Waals surface area contributed by atoms with Crippen LogP contribution in [0.4, 0.5) is 0 Å². The van der Waals surface area contributed by atoms with Gasteiger partial charge in [-0.05, 0) is 24.3 Å². The summed E-state index contributed by atoms with van der Waals surface area (Å²) < 4.78 is 6.52. The molecule has 1 heterocycles. The Kier molecular flexibility index (Phi) is 9.06. The lowest BCUT2D eigenvalue weighted by Gasteiger charge is -2.04. The molecular formula is C17H17BrCl2N2O3. The van der Waals surface area contributed by atoms with Crippen molar-refractivity contribution in [3.05, 3.63) is 63.9 Å². The van der Waals surface area contributed by atoms with Gasteiger partial charge in [0.2, 0.25) is 12.3 Å². The number of ketones is 1. The number of carbonyl (C=O) groups excluding carboxylic acids is 2. The Morgan fingerprint density at radius 1 is 1.24 bits per heavy atom. The Morgan fingerprint density at radius 2 is 2.00 bits per heavy atom. The molecule has 25 heavy (non-hydrogen) atoms. The van der Waals surface area contributed by atoms with E-state index in [0.717, 1.165) is 0 Å². The number of benzene rings is 1. The number of methoxy groups -OCH3 is 1. The number of Topliss-reactive ketones (excluding diaryl/α,β-unsaturated/α-hetero) is 1. The zero-order chi connectivity index (χ0) is 17.5. The fourth-order valence-electron chi connectivity index (χ4n) is 2.09. The second-order valence-electron chi connectivity index (χ2n) is 5.06. The molecule has 1 aromatic carbocycles. The summed E-state index contributed by atoms with van der Waals surface area (Å²) in [5, 5.41) is 3.51. The molecule has 5 nitrogen and oxygen atoms in total. The number of hydrogen-bond acceptors (Lipinski definition) is 3. The Morgan fingerprint density at radius 3 is 2.68 bits per heavy atom. The van der Waals surface area contributed by atoms with E-state index in [2.05, 4.69) is 5.32 Å². The molecule has 0 saturated carbocycles. The van der Waals surface area contributed by atoms with E-state index in [-0.39, 0.29) is 35.2 Å². The monoisotopic (exact) mass is 446 g/mol. The molecule has 0 bridgehead atoms. The van der Waals surface area contributed by atoms with Crippen LogP contribution in [-0.4, -0.2) is 32.0 Å². The van der Waals surface area contributed by atoms with Gasteiger partial charge < -0.3 is 27.0 Å². The van der Waals surface area contributed by atoms with Crippen LogP contribution >= 0.6 is 23.2 Å². The van der Waals surface area contributed by atoms with E-state index in [1.54, 1.807) is 48.3 Å². The Labute approximate surface area is 166 Å². The van der Waals surface area contributed by atoms with Gasteiger partial charge in [0.1, 0.15) is 5.56 Å². The molecule has 1 amide bonds. The summed E-state index contributed by atoms with van der Waals surface area (Å²) in [7, 11) is 1.57. The zero-order valence-corrected chi connectivity index (χ0v) is 16.6. The van der Waals surface area contributed by atoms with Gasteiger partial charge in [-0.3, -0.25) is 9.59 Å². The molecule has 1 aromatic heterocycles. The van der Waals surface area contributed by atoms with E-state index >= 15 is 0 Å². The van der Waals surface area contributed by atoms with Crippen molar-refractivity contribution in [1.82, 2.24) is 5.32 Å².